The average molecular weight is 260 g/mol. The van der Waals surface area contributed by atoms with Gasteiger partial charge in [0.2, 0.25) is 0 Å². The number of rotatable bonds is 1. The average Bonchev–Trinajstić information content (AvgIpc) is 2.50. The first-order chi connectivity index (χ1) is 6.65. The van der Waals surface area contributed by atoms with E-state index in [1.165, 1.54) is 6.07 Å². The fraction of sp³-hybridized carbons (Fsp3) is 0.400. The summed E-state index contributed by atoms with van der Waals surface area (Å²) in [6, 6.07) is 3.17. The number of nitrogens with one attached hydrogen (secondary N) is 1. The minimum Gasteiger partial charge on any atom is -0.485 e. The molecule has 0 bridgehead atoms. The smallest absolute Gasteiger partial charge is 0.165 e. The molecule has 0 radical (unpaired) electrons. The highest BCUT2D eigenvalue weighted by Crippen LogP contribution is 2.42. The van der Waals surface area contributed by atoms with Crippen molar-refractivity contribution in [1.82, 2.24) is 5.32 Å². The molecular formula is C10H11BrFNO. The van der Waals surface area contributed by atoms with Gasteiger partial charge in [-0.25, -0.2) is 4.39 Å². The van der Waals surface area contributed by atoms with Crippen molar-refractivity contribution in [2.45, 2.75) is 19.1 Å². The number of hydrogen-bond donors (Lipinski definition) is 1. The fourth-order valence-corrected chi connectivity index (χ4v) is 2.39. The summed E-state index contributed by atoms with van der Waals surface area (Å²) < 4.78 is 19.7. The van der Waals surface area contributed by atoms with Gasteiger partial charge in [-0.2, -0.15) is 0 Å². The zero-order valence-corrected chi connectivity index (χ0v) is 9.56. The van der Waals surface area contributed by atoms with E-state index in [0.717, 1.165) is 10.0 Å². The summed E-state index contributed by atoms with van der Waals surface area (Å²) in [5.74, 6) is 0.0685. The second-order valence-electron chi connectivity index (χ2n) is 3.36. The highest BCUT2D eigenvalue weighted by molar-refractivity contribution is 9.10. The molecule has 2 rings (SSSR count). The highest BCUT2D eigenvalue weighted by Gasteiger charge is 2.34. The van der Waals surface area contributed by atoms with E-state index in [1.807, 2.05) is 14.0 Å². The number of halogens is 2. The minimum absolute atomic E-state index is 0.0387. The number of fused-ring (bicyclic) bond motifs is 1. The number of likely N-dealkylation sites (N-methyl/N-ethyl adjacent to an activating group) is 1. The van der Waals surface area contributed by atoms with E-state index in [-0.39, 0.29) is 18.0 Å². The summed E-state index contributed by atoms with van der Waals surface area (Å²) in [5.41, 5.74) is 0.875. The van der Waals surface area contributed by atoms with Crippen molar-refractivity contribution in [3.05, 3.63) is 28.0 Å². The fourth-order valence-electron chi connectivity index (χ4n) is 1.83. The third kappa shape index (κ3) is 1.33. The number of benzene rings is 1. The van der Waals surface area contributed by atoms with Crippen molar-refractivity contribution < 1.29 is 9.13 Å². The maximum Gasteiger partial charge on any atom is 0.165 e. The van der Waals surface area contributed by atoms with Gasteiger partial charge >= 0.3 is 0 Å². The Morgan fingerprint density at radius 3 is 2.86 bits per heavy atom. The zero-order chi connectivity index (χ0) is 10.3. The van der Waals surface area contributed by atoms with Crippen LogP contribution in [0.5, 0.6) is 5.75 Å². The normalized spacial score (nSPS) is 24.6. The Morgan fingerprint density at radius 2 is 2.21 bits per heavy atom. The summed E-state index contributed by atoms with van der Waals surface area (Å²) in [7, 11) is 1.84. The largest absolute Gasteiger partial charge is 0.485 e. The standard InChI is InChI=1S/C10H11BrFNO/c1-5-9(13-2)8-6(11)3-4-7(12)10(8)14-5/h3-5,9,13H,1-2H3. The molecule has 0 saturated carbocycles. The first-order valence-corrected chi connectivity index (χ1v) is 5.26. The Morgan fingerprint density at radius 1 is 1.50 bits per heavy atom. The van der Waals surface area contributed by atoms with Gasteiger partial charge < -0.3 is 10.1 Å². The molecule has 0 saturated heterocycles. The third-order valence-electron chi connectivity index (χ3n) is 2.49. The van der Waals surface area contributed by atoms with Crippen LogP contribution in [0.25, 0.3) is 0 Å². The SMILES string of the molecule is CNC1c2c(Br)ccc(F)c2OC1C. The second-order valence-corrected chi connectivity index (χ2v) is 4.22. The lowest BCUT2D eigenvalue weighted by molar-refractivity contribution is 0.208. The van der Waals surface area contributed by atoms with Crippen LogP contribution >= 0.6 is 15.9 Å². The van der Waals surface area contributed by atoms with Crippen LogP contribution in [0.2, 0.25) is 0 Å². The molecular weight excluding hydrogens is 249 g/mol. The maximum atomic E-state index is 13.4. The van der Waals surface area contributed by atoms with Crippen LogP contribution in [0.1, 0.15) is 18.5 Å². The van der Waals surface area contributed by atoms with E-state index >= 15 is 0 Å². The lowest BCUT2D eigenvalue weighted by atomic mass is 10.0. The molecule has 2 unspecified atom stereocenters. The van der Waals surface area contributed by atoms with Crippen molar-refractivity contribution in [3.8, 4) is 5.75 Å². The summed E-state index contributed by atoms with van der Waals surface area (Å²) in [4.78, 5) is 0. The van der Waals surface area contributed by atoms with Gasteiger partial charge in [-0.3, -0.25) is 0 Å². The van der Waals surface area contributed by atoms with E-state index < -0.39 is 0 Å². The maximum absolute atomic E-state index is 13.4. The first-order valence-electron chi connectivity index (χ1n) is 4.47. The quantitative estimate of drug-likeness (QED) is 0.838. The van der Waals surface area contributed by atoms with E-state index in [2.05, 4.69) is 21.2 Å². The molecule has 1 aromatic rings. The van der Waals surface area contributed by atoms with Crippen LogP contribution in [0.4, 0.5) is 4.39 Å². The van der Waals surface area contributed by atoms with E-state index in [9.17, 15) is 4.39 Å². The molecule has 1 aliphatic heterocycles. The third-order valence-corrected chi connectivity index (χ3v) is 3.18. The summed E-state index contributed by atoms with van der Waals surface area (Å²) in [6.07, 6.45) is -0.0387. The summed E-state index contributed by atoms with van der Waals surface area (Å²) in [5, 5.41) is 3.12. The van der Waals surface area contributed by atoms with E-state index in [4.69, 9.17) is 4.74 Å². The van der Waals surface area contributed by atoms with Crippen molar-refractivity contribution in [2.24, 2.45) is 0 Å². The molecule has 1 aliphatic rings. The van der Waals surface area contributed by atoms with Crippen LogP contribution in [-0.4, -0.2) is 13.2 Å². The molecule has 0 spiro atoms. The van der Waals surface area contributed by atoms with E-state index in [0.29, 0.717) is 5.75 Å². The van der Waals surface area contributed by atoms with Crippen LogP contribution in [-0.2, 0) is 0 Å². The molecule has 14 heavy (non-hydrogen) atoms. The van der Waals surface area contributed by atoms with Crippen LogP contribution in [0.3, 0.4) is 0 Å². The van der Waals surface area contributed by atoms with Gasteiger partial charge in [0.15, 0.2) is 11.6 Å². The lowest BCUT2D eigenvalue weighted by Crippen LogP contribution is -2.25. The molecule has 1 N–H and O–H groups in total. The molecule has 0 amide bonds. The van der Waals surface area contributed by atoms with Crippen LogP contribution in [0.15, 0.2) is 16.6 Å². The van der Waals surface area contributed by atoms with Gasteiger partial charge in [-0.1, -0.05) is 15.9 Å². The van der Waals surface area contributed by atoms with Crippen molar-refractivity contribution >= 4 is 15.9 Å². The molecule has 1 heterocycles. The molecule has 1 aromatic carbocycles. The van der Waals surface area contributed by atoms with Gasteiger partial charge in [0.25, 0.3) is 0 Å². The van der Waals surface area contributed by atoms with Crippen LogP contribution in [0, 0.1) is 5.82 Å². The highest BCUT2D eigenvalue weighted by atomic mass is 79.9. The molecule has 4 heteroatoms. The number of hydrogen-bond acceptors (Lipinski definition) is 2. The lowest BCUT2D eigenvalue weighted by Gasteiger charge is -2.13. The molecule has 0 fully saturated rings. The van der Waals surface area contributed by atoms with Crippen molar-refractivity contribution in [2.75, 3.05) is 7.05 Å². The van der Waals surface area contributed by atoms with Crippen molar-refractivity contribution in [3.63, 3.8) is 0 Å². The molecule has 0 aliphatic carbocycles. The second kappa shape index (κ2) is 3.51. The molecule has 2 nitrogen and oxygen atoms in total. The monoisotopic (exact) mass is 259 g/mol. The predicted octanol–water partition coefficient (Wildman–Crippen LogP) is 2.63. The van der Waals surface area contributed by atoms with Crippen LogP contribution < -0.4 is 10.1 Å². The minimum atomic E-state index is -0.298. The Bertz CT molecular complexity index is 369. The molecule has 0 aromatic heterocycles. The van der Waals surface area contributed by atoms with Gasteiger partial charge in [0.05, 0.1) is 6.04 Å². The molecule has 76 valence electrons. The van der Waals surface area contributed by atoms with Gasteiger partial charge in [-0.05, 0) is 26.1 Å². The molecule has 2 atom stereocenters. The van der Waals surface area contributed by atoms with Crippen molar-refractivity contribution in [1.29, 1.82) is 0 Å². The predicted molar refractivity (Wildman–Crippen MR) is 56.0 cm³/mol. The summed E-state index contributed by atoms with van der Waals surface area (Å²) >= 11 is 3.40. The van der Waals surface area contributed by atoms with E-state index in [1.54, 1.807) is 6.07 Å². The van der Waals surface area contributed by atoms with Gasteiger partial charge in [0.1, 0.15) is 6.10 Å². The van der Waals surface area contributed by atoms with Gasteiger partial charge in [-0.15, -0.1) is 0 Å². The Hall–Kier alpha value is -0.610. The summed E-state index contributed by atoms with van der Waals surface area (Å²) in [6.45, 7) is 1.92. The number of ether oxygens (including phenoxy) is 1. The first kappa shape index (κ1) is 9.93. The Balaban J connectivity index is 2.57. The Labute approximate surface area is 90.6 Å². The Kier molecular flexibility index (Phi) is 2.49. The van der Waals surface area contributed by atoms with Gasteiger partial charge in [0, 0.05) is 10.0 Å². The zero-order valence-electron chi connectivity index (χ0n) is 7.97. The topological polar surface area (TPSA) is 21.3 Å².